The van der Waals surface area contributed by atoms with Crippen molar-refractivity contribution in [2.24, 2.45) is 0 Å². The number of ether oxygens (including phenoxy) is 2. The van der Waals surface area contributed by atoms with E-state index >= 15 is 0 Å². The molecule has 3 rings (SSSR count). The third-order valence-corrected chi connectivity index (χ3v) is 4.06. The molecular formula is C19H14F3NO4. The van der Waals surface area contributed by atoms with E-state index in [-0.39, 0.29) is 16.6 Å². The molecule has 0 saturated carbocycles. The van der Waals surface area contributed by atoms with Crippen molar-refractivity contribution < 1.29 is 32.5 Å². The molecule has 0 radical (unpaired) electrons. The van der Waals surface area contributed by atoms with Crippen LogP contribution in [-0.4, -0.2) is 30.3 Å². The van der Waals surface area contributed by atoms with Gasteiger partial charge in [0.2, 0.25) is 0 Å². The Balaban J connectivity index is 2.40. The molecule has 5 nitrogen and oxygen atoms in total. The number of para-hydroxylation sites is 1. The Labute approximate surface area is 152 Å². The van der Waals surface area contributed by atoms with Crippen molar-refractivity contribution in [2.45, 2.75) is 6.18 Å². The fourth-order valence-electron chi connectivity index (χ4n) is 2.81. The number of fused-ring (bicyclic) bond motifs is 1. The zero-order valence-electron chi connectivity index (χ0n) is 14.3. The van der Waals surface area contributed by atoms with Gasteiger partial charge in [-0.05, 0) is 30.3 Å². The van der Waals surface area contributed by atoms with E-state index in [9.17, 15) is 23.1 Å². The number of alkyl halides is 3. The third-order valence-electron chi connectivity index (χ3n) is 4.06. The molecule has 2 aromatic carbocycles. The van der Waals surface area contributed by atoms with Gasteiger partial charge in [-0.2, -0.15) is 13.2 Å². The van der Waals surface area contributed by atoms with Gasteiger partial charge in [-0.15, -0.1) is 0 Å². The van der Waals surface area contributed by atoms with Crippen LogP contribution in [0, 0.1) is 0 Å². The average molecular weight is 377 g/mol. The molecule has 27 heavy (non-hydrogen) atoms. The lowest BCUT2D eigenvalue weighted by atomic mass is 10.0. The number of nitrogens with zero attached hydrogens (tertiary/aromatic N) is 1. The van der Waals surface area contributed by atoms with Crippen LogP contribution in [0.15, 0.2) is 42.5 Å². The second kappa shape index (κ2) is 6.79. The summed E-state index contributed by atoms with van der Waals surface area (Å²) in [5.74, 6) is -0.609. The first kappa shape index (κ1) is 18.5. The Morgan fingerprint density at radius 2 is 1.81 bits per heavy atom. The SMILES string of the molecule is COc1ccc(OC)c(-c2cc(C(=O)O)c3cccc(C(F)(F)F)c3n2)c1. The van der Waals surface area contributed by atoms with Crippen molar-refractivity contribution in [3.05, 3.63) is 53.6 Å². The van der Waals surface area contributed by atoms with Gasteiger partial charge in [0.15, 0.2) is 0 Å². The molecule has 0 atom stereocenters. The standard InChI is InChI=1S/C19H14F3NO4/c1-26-10-6-7-16(27-2)13(8-10)15-9-12(18(24)25)11-4-3-5-14(17(11)23-15)19(20,21)22/h3-9H,1-2H3,(H,24,25). The first-order valence-electron chi connectivity index (χ1n) is 7.73. The molecule has 1 N–H and O–H groups in total. The minimum Gasteiger partial charge on any atom is -0.497 e. The van der Waals surface area contributed by atoms with Crippen LogP contribution in [0.4, 0.5) is 13.2 Å². The lowest BCUT2D eigenvalue weighted by molar-refractivity contribution is -0.136. The number of halogens is 3. The van der Waals surface area contributed by atoms with Crippen LogP contribution >= 0.6 is 0 Å². The summed E-state index contributed by atoms with van der Waals surface area (Å²) in [5.41, 5.74) is -1.38. The molecule has 0 aliphatic rings. The summed E-state index contributed by atoms with van der Waals surface area (Å²) in [6, 6.07) is 9.25. The molecule has 0 unspecified atom stereocenters. The van der Waals surface area contributed by atoms with Crippen molar-refractivity contribution in [1.82, 2.24) is 4.98 Å². The first-order valence-corrected chi connectivity index (χ1v) is 7.73. The topological polar surface area (TPSA) is 68.7 Å². The van der Waals surface area contributed by atoms with Crippen molar-refractivity contribution >= 4 is 16.9 Å². The highest BCUT2D eigenvalue weighted by Gasteiger charge is 2.34. The quantitative estimate of drug-likeness (QED) is 0.718. The normalized spacial score (nSPS) is 11.4. The predicted molar refractivity (Wildman–Crippen MR) is 92.2 cm³/mol. The Morgan fingerprint density at radius 1 is 1.07 bits per heavy atom. The second-order valence-electron chi connectivity index (χ2n) is 5.63. The van der Waals surface area contributed by atoms with E-state index in [1.807, 2.05) is 0 Å². The van der Waals surface area contributed by atoms with Gasteiger partial charge in [-0.1, -0.05) is 12.1 Å². The van der Waals surface area contributed by atoms with E-state index < -0.39 is 23.2 Å². The smallest absolute Gasteiger partial charge is 0.418 e. The number of hydrogen-bond acceptors (Lipinski definition) is 4. The molecule has 1 heterocycles. The molecule has 8 heteroatoms. The highest BCUT2D eigenvalue weighted by atomic mass is 19.4. The predicted octanol–water partition coefficient (Wildman–Crippen LogP) is 4.64. The Bertz CT molecular complexity index is 1030. The average Bonchev–Trinajstić information content (AvgIpc) is 2.65. The molecule has 0 bridgehead atoms. The van der Waals surface area contributed by atoms with E-state index in [1.165, 1.54) is 32.4 Å². The molecule has 0 aliphatic heterocycles. The Hall–Kier alpha value is -3.29. The van der Waals surface area contributed by atoms with Crippen molar-refractivity contribution in [2.75, 3.05) is 14.2 Å². The highest BCUT2D eigenvalue weighted by Crippen LogP contribution is 2.38. The minimum absolute atomic E-state index is 0.0346. The van der Waals surface area contributed by atoms with Crippen LogP contribution in [0.25, 0.3) is 22.2 Å². The number of aromatic nitrogens is 1. The lowest BCUT2D eigenvalue weighted by Gasteiger charge is -2.15. The number of aromatic carboxylic acids is 1. The maximum Gasteiger partial charge on any atom is 0.418 e. The maximum atomic E-state index is 13.4. The molecule has 0 saturated heterocycles. The maximum absolute atomic E-state index is 13.4. The Morgan fingerprint density at radius 3 is 2.41 bits per heavy atom. The van der Waals surface area contributed by atoms with E-state index in [0.29, 0.717) is 17.1 Å². The molecule has 0 fully saturated rings. The van der Waals surface area contributed by atoms with Gasteiger partial charge in [-0.3, -0.25) is 0 Å². The van der Waals surface area contributed by atoms with E-state index in [4.69, 9.17) is 9.47 Å². The van der Waals surface area contributed by atoms with Crippen LogP contribution in [0.5, 0.6) is 11.5 Å². The fraction of sp³-hybridized carbons (Fsp3) is 0.158. The van der Waals surface area contributed by atoms with Crippen LogP contribution in [-0.2, 0) is 6.18 Å². The van der Waals surface area contributed by atoms with Gasteiger partial charge >= 0.3 is 12.1 Å². The van der Waals surface area contributed by atoms with Crippen LogP contribution in [0.3, 0.4) is 0 Å². The van der Waals surface area contributed by atoms with E-state index in [2.05, 4.69) is 4.98 Å². The molecule has 3 aromatic rings. The number of rotatable bonds is 4. The van der Waals surface area contributed by atoms with Gasteiger partial charge in [0.1, 0.15) is 11.5 Å². The van der Waals surface area contributed by atoms with Crippen LogP contribution in [0.2, 0.25) is 0 Å². The van der Waals surface area contributed by atoms with E-state index in [0.717, 1.165) is 12.1 Å². The van der Waals surface area contributed by atoms with Crippen LogP contribution < -0.4 is 9.47 Å². The number of carbonyl (C=O) groups is 1. The highest BCUT2D eigenvalue weighted by molar-refractivity contribution is 6.04. The third kappa shape index (κ3) is 3.38. The van der Waals surface area contributed by atoms with Crippen molar-refractivity contribution in [1.29, 1.82) is 0 Å². The number of pyridine rings is 1. The summed E-state index contributed by atoms with van der Waals surface area (Å²) in [6.45, 7) is 0. The van der Waals surface area contributed by atoms with Gasteiger partial charge in [0.25, 0.3) is 0 Å². The number of benzene rings is 2. The monoisotopic (exact) mass is 377 g/mol. The van der Waals surface area contributed by atoms with E-state index in [1.54, 1.807) is 12.1 Å². The summed E-state index contributed by atoms with van der Waals surface area (Å²) < 4.78 is 50.6. The largest absolute Gasteiger partial charge is 0.497 e. The van der Waals surface area contributed by atoms with Gasteiger partial charge in [0, 0.05) is 10.9 Å². The first-order chi connectivity index (χ1) is 12.8. The fourth-order valence-corrected chi connectivity index (χ4v) is 2.81. The van der Waals surface area contributed by atoms with Gasteiger partial charge < -0.3 is 14.6 Å². The Kier molecular flexibility index (Phi) is 4.65. The number of methoxy groups -OCH3 is 2. The van der Waals surface area contributed by atoms with Crippen molar-refractivity contribution in [3.8, 4) is 22.8 Å². The summed E-state index contributed by atoms with van der Waals surface area (Å²) in [5, 5.41) is 9.42. The summed E-state index contributed by atoms with van der Waals surface area (Å²) in [6.07, 6.45) is -4.68. The number of carboxylic acid groups (broad SMARTS) is 1. The molecule has 140 valence electrons. The number of hydrogen-bond donors (Lipinski definition) is 1. The second-order valence-corrected chi connectivity index (χ2v) is 5.63. The van der Waals surface area contributed by atoms with Gasteiger partial charge in [-0.25, -0.2) is 9.78 Å². The summed E-state index contributed by atoms with van der Waals surface area (Å²) in [4.78, 5) is 15.8. The lowest BCUT2D eigenvalue weighted by Crippen LogP contribution is -2.09. The molecule has 0 aliphatic carbocycles. The summed E-state index contributed by atoms with van der Waals surface area (Å²) in [7, 11) is 2.83. The van der Waals surface area contributed by atoms with Crippen LogP contribution in [0.1, 0.15) is 15.9 Å². The molecule has 0 amide bonds. The minimum atomic E-state index is -4.68. The zero-order chi connectivity index (χ0) is 19.8. The van der Waals surface area contributed by atoms with Gasteiger partial charge in [0.05, 0.1) is 36.6 Å². The summed E-state index contributed by atoms with van der Waals surface area (Å²) >= 11 is 0. The zero-order valence-corrected chi connectivity index (χ0v) is 14.3. The molecular weight excluding hydrogens is 363 g/mol. The molecule has 1 aromatic heterocycles. The number of carboxylic acids is 1. The molecule has 0 spiro atoms. The van der Waals surface area contributed by atoms with Crippen molar-refractivity contribution in [3.63, 3.8) is 0 Å².